The van der Waals surface area contributed by atoms with Gasteiger partial charge in [0.1, 0.15) is 12.7 Å². The minimum atomic E-state index is -3.52. The van der Waals surface area contributed by atoms with Gasteiger partial charge in [0, 0.05) is 26.2 Å². The van der Waals surface area contributed by atoms with Gasteiger partial charge in [0.2, 0.25) is 0 Å². The van der Waals surface area contributed by atoms with Crippen LogP contribution in [0.5, 0.6) is 0 Å². The van der Waals surface area contributed by atoms with Crippen molar-refractivity contribution in [1.82, 2.24) is 24.4 Å². The molecule has 0 saturated carbocycles. The fraction of sp³-hybridized carbons (Fsp3) is 0.333. The molecule has 2 heterocycles. The van der Waals surface area contributed by atoms with Crippen LogP contribution < -0.4 is 10.0 Å². The van der Waals surface area contributed by atoms with E-state index in [1.54, 1.807) is 35.4 Å². The molecule has 1 saturated heterocycles. The van der Waals surface area contributed by atoms with Gasteiger partial charge in [0.05, 0.1) is 11.4 Å². The second-order valence-electron chi connectivity index (χ2n) is 4.68. The third-order valence-electron chi connectivity index (χ3n) is 3.23. The van der Waals surface area contributed by atoms with Gasteiger partial charge in [-0.25, -0.2) is 0 Å². The first-order valence-electron chi connectivity index (χ1n) is 6.59. The highest BCUT2D eigenvalue weighted by Gasteiger charge is 2.23. The van der Waals surface area contributed by atoms with Crippen LogP contribution in [0.25, 0.3) is 5.69 Å². The lowest BCUT2D eigenvalue weighted by Gasteiger charge is -2.26. The summed E-state index contributed by atoms with van der Waals surface area (Å²) in [5.41, 5.74) is 1.31. The predicted octanol–water partition coefficient (Wildman–Crippen LogP) is -0.171. The van der Waals surface area contributed by atoms with Crippen LogP contribution in [-0.4, -0.2) is 53.7 Å². The lowest BCUT2D eigenvalue weighted by molar-refractivity contribution is 0.362. The molecule has 1 fully saturated rings. The van der Waals surface area contributed by atoms with Crippen LogP contribution in [0.15, 0.2) is 36.9 Å². The van der Waals surface area contributed by atoms with Crippen molar-refractivity contribution in [2.24, 2.45) is 0 Å². The van der Waals surface area contributed by atoms with E-state index in [4.69, 9.17) is 0 Å². The maximum atomic E-state index is 12.3. The lowest BCUT2D eigenvalue weighted by atomic mass is 10.3. The molecule has 0 unspecified atom stereocenters. The van der Waals surface area contributed by atoms with E-state index in [0.717, 1.165) is 5.69 Å². The van der Waals surface area contributed by atoms with Gasteiger partial charge >= 0.3 is 10.2 Å². The average molecular weight is 308 g/mol. The van der Waals surface area contributed by atoms with Crippen molar-refractivity contribution < 1.29 is 8.42 Å². The molecule has 0 amide bonds. The predicted molar refractivity (Wildman–Crippen MR) is 78.3 cm³/mol. The standard InChI is InChI=1S/C12H16N6O2S/c19-21(20,18-6-4-13-5-7-18)16-11-2-1-3-12(8-11)17-9-14-15-10-17/h1-3,8-10,13,16H,4-7H2. The van der Waals surface area contributed by atoms with Gasteiger partial charge in [-0.1, -0.05) is 6.07 Å². The van der Waals surface area contributed by atoms with Crippen LogP contribution >= 0.6 is 0 Å². The maximum Gasteiger partial charge on any atom is 0.301 e. The molecule has 0 bridgehead atoms. The number of nitrogens with zero attached hydrogens (tertiary/aromatic N) is 4. The molecule has 1 aromatic carbocycles. The van der Waals surface area contributed by atoms with E-state index in [1.165, 1.54) is 4.31 Å². The Hall–Kier alpha value is -1.97. The van der Waals surface area contributed by atoms with Gasteiger partial charge < -0.3 is 5.32 Å². The second kappa shape index (κ2) is 5.80. The minimum absolute atomic E-state index is 0.473. The SMILES string of the molecule is O=S(=O)(Nc1cccc(-n2cnnc2)c1)N1CCNCC1. The summed E-state index contributed by atoms with van der Waals surface area (Å²) < 4.78 is 30.4. The molecular weight excluding hydrogens is 292 g/mol. The van der Waals surface area contributed by atoms with Crippen molar-refractivity contribution in [2.75, 3.05) is 30.9 Å². The molecular formula is C12H16N6O2S. The largest absolute Gasteiger partial charge is 0.314 e. The van der Waals surface area contributed by atoms with E-state index in [0.29, 0.717) is 31.9 Å². The van der Waals surface area contributed by atoms with Gasteiger partial charge in [0.25, 0.3) is 0 Å². The van der Waals surface area contributed by atoms with Gasteiger partial charge in [-0.15, -0.1) is 10.2 Å². The van der Waals surface area contributed by atoms with Gasteiger partial charge in [0.15, 0.2) is 0 Å². The summed E-state index contributed by atoms with van der Waals surface area (Å²) in [6, 6.07) is 7.09. The summed E-state index contributed by atoms with van der Waals surface area (Å²) in [5, 5.41) is 10.6. The minimum Gasteiger partial charge on any atom is -0.314 e. The third kappa shape index (κ3) is 3.20. The van der Waals surface area contributed by atoms with Crippen molar-refractivity contribution in [3.63, 3.8) is 0 Å². The molecule has 0 atom stereocenters. The van der Waals surface area contributed by atoms with Crippen molar-refractivity contribution in [3.05, 3.63) is 36.9 Å². The van der Waals surface area contributed by atoms with E-state index >= 15 is 0 Å². The summed E-state index contributed by atoms with van der Waals surface area (Å²) in [6.07, 6.45) is 3.12. The van der Waals surface area contributed by atoms with Crippen LogP contribution in [-0.2, 0) is 10.2 Å². The fourth-order valence-corrected chi connectivity index (χ4v) is 3.38. The van der Waals surface area contributed by atoms with Crippen LogP contribution in [0.2, 0.25) is 0 Å². The summed E-state index contributed by atoms with van der Waals surface area (Å²) in [6.45, 7) is 2.28. The molecule has 0 spiro atoms. The monoisotopic (exact) mass is 308 g/mol. The van der Waals surface area contributed by atoms with E-state index in [1.807, 2.05) is 6.07 Å². The number of anilines is 1. The number of hydrogen-bond donors (Lipinski definition) is 2. The molecule has 112 valence electrons. The van der Waals surface area contributed by atoms with Gasteiger partial charge in [-0.05, 0) is 18.2 Å². The van der Waals surface area contributed by atoms with E-state index in [9.17, 15) is 8.42 Å². The quantitative estimate of drug-likeness (QED) is 0.818. The first-order chi connectivity index (χ1) is 10.1. The number of rotatable bonds is 4. The molecule has 3 rings (SSSR count). The van der Waals surface area contributed by atoms with Gasteiger partial charge in [-0.3, -0.25) is 9.29 Å². The van der Waals surface area contributed by atoms with E-state index < -0.39 is 10.2 Å². The van der Waals surface area contributed by atoms with E-state index in [2.05, 4.69) is 20.2 Å². The molecule has 9 heteroatoms. The Kier molecular flexibility index (Phi) is 3.86. The maximum absolute atomic E-state index is 12.3. The topological polar surface area (TPSA) is 92.1 Å². The summed E-state index contributed by atoms with van der Waals surface area (Å²) in [7, 11) is -3.52. The van der Waals surface area contributed by atoms with Crippen LogP contribution in [0.3, 0.4) is 0 Å². The molecule has 2 aromatic rings. The fourth-order valence-electron chi connectivity index (χ4n) is 2.16. The van der Waals surface area contributed by atoms with Crippen molar-refractivity contribution in [1.29, 1.82) is 0 Å². The Balaban J connectivity index is 1.80. The smallest absolute Gasteiger partial charge is 0.301 e. The first kappa shape index (κ1) is 14.0. The highest BCUT2D eigenvalue weighted by molar-refractivity contribution is 7.90. The zero-order chi connectivity index (χ0) is 14.7. The molecule has 2 N–H and O–H groups in total. The highest BCUT2D eigenvalue weighted by atomic mass is 32.2. The summed E-state index contributed by atoms with van der Waals surface area (Å²) >= 11 is 0. The number of hydrogen-bond acceptors (Lipinski definition) is 5. The third-order valence-corrected chi connectivity index (χ3v) is 4.76. The molecule has 8 nitrogen and oxygen atoms in total. The molecule has 0 radical (unpaired) electrons. The first-order valence-corrected chi connectivity index (χ1v) is 8.03. The van der Waals surface area contributed by atoms with E-state index in [-0.39, 0.29) is 0 Å². The Labute approximate surface area is 123 Å². The Morgan fingerprint density at radius 3 is 2.57 bits per heavy atom. The van der Waals surface area contributed by atoms with Crippen LogP contribution in [0.1, 0.15) is 0 Å². The molecule has 1 aliphatic rings. The summed E-state index contributed by atoms with van der Waals surface area (Å²) in [4.78, 5) is 0. The average Bonchev–Trinajstić information content (AvgIpc) is 3.02. The normalized spacial score (nSPS) is 16.8. The second-order valence-corrected chi connectivity index (χ2v) is 6.35. The highest BCUT2D eigenvalue weighted by Crippen LogP contribution is 2.16. The Morgan fingerprint density at radius 1 is 1.14 bits per heavy atom. The molecule has 1 aromatic heterocycles. The number of piperazine rings is 1. The van der Waals surface area contributed by atoms with Crippen LogP contribution in [0, 0.1) is 0 Å². The molecule has 21 heavy (non-hydrogen) atoms. The Bertz CT molecular complexity index is 694. The zero-order valence-corrected chi connectivity index (χ0v) is 12.1. The Morgan fingerprint density at radius 2 is 1.86 bits per heavy atom. The number of nitrogens with one attached hydrogen (secondary N) is 2. The number of benzene rings is 1. The molecule has 0 aliphatic carbocycles. The van der Waals surface area contributed by atoms with Crippen molar-refractivity contribution in [3.8, 4) is 5.69 Å². The summed E-state index contributed by atoms with van der Waals surface area (Å²) in [5.74, 6) is 0. The number of aromatic nitrogens is 3. The zero-order valence-electron chi connectivity index (χ0n) is 11.3. The van der Waals surface area contributed by atoms with Crippen LogP contribution in [0.4, 0.5) is 5.69 Å². The lowest BCUT2D eigenvalue weighted by Crippen LogP contribution is -2.48. The van der Waals surface area contributed by atoms with Gasteiger partial charge in [-0.2, -0.15) is 12.7 Å². The van der Waals surface area contributed by atoms with Crippen molar-refractivity contribution >= 4 is 15.9 Å². The van der Waals surface area contributed by atoms with Crippen molar-refractivity contribution in [2.45, 2.75) is 0 Å². The molecule has 1 aliphatic heterocycles.